The van der Waals surface area contributed by atoms with Crippen LogP contribution in [0.5, 0.6) is 0 Å². The number of rotatable bonds is 6. The van der Waals surface area contributed by atoms with Crippen molar-refractivity contribution in [3.8, 4) is 0 Å². The highest BCUT2D eigenvalue weighted by atomic mass is 16.2. The van der Waals surface area contributed by atoms with E-state index in [0.717, 1.165) is 28.3 Å². The van der Waals surface area contributed by atoms with Crippen molar-refractivity contribution in [1.82, 2.24) is 24.1 Å². The standard InChI is InChI=1S/C20H27N5O/c1-14(2)25-16(4)18(15(3)22-25)13-23(5)20(26)10-9-17-12-24-11-7-6-8-19(24)21-17/h6-8,11-12,14H,9-10,13H2,1-5H3. The SMILES string of the molecule is Cc1nn(C(C)C)c(C)c1CN(C)C(=O)CCc1cn2ccccc2n1. The minimum Gasteiger partial charge on any atom is -0.341 e. The summed E-state index contributed by atoms with van der Waals surface area (Å²) in [6.07, 6.45) is 5.06. The highest BCUT2D eigenvalue weighted by Gasteiger charge is 2.17. The van der Waals surface area contributed by atoms with Crippen molar-refractivity contribution in [2.45, 2.75) is 53.1 Å². The maximum absolute atomic E-state index is 12.6. The maximum atomic E-state index is 12.6. The molecule has 0 unspecified atom stereocenters. The number of fused-ring (bicyclic) bond motifs is 1. The van der Waals surface area contributed by atoms with Gasteiger partial charge in [-0.25, -0.2) is 4.98 Å². The largest absolute Gasteiger partial charge is 0.341 e. The number of nitrogens with zero attached hydrogens (tertiary/aromatic N) is 5. The number of carbonyl (C=O) groups is 1. The number of hydrogen-bond acceptors (Lipinski definition) is 3. The number of carbonyl (C=O) groups excluding carboxylic acids is 1. The van der Waals surface area contributed by atoms with E-state index >= 15 is 0 Å². The predicted octanol–water partition coefficient (Wildman–Crippen LogP) is 3.32. The molecular weight excluding hydrogens is 326 g/mol. The van der Waals surface area contributed by atoms with Crippen molar-refractivity contribution in [1.29, 1.82) is 0 Å². The quantitative estimate of drug-likeness (QED) is 0.683. The monoisotopic (exact) mass is 353 g/mol. The maximum Gasteiger partial charge on any atom is 0.223 e. The molecule has 0 aliphatic heterocycles. The zero-order chi connectivity index (χ0) is 18.8. The van der Waals surface area contributed by atoms with E-state index in [1.165, 1.54) is 0 Å². The Morgan fingerprint density at radius 2 is 2.04 bits per heavy atom. The van der Waals surface area contributed by atoms with E-state index < -0.39 is 0 Å². The molecule has 1 amide bonds. The van der Waals surface area contributed by atoms with Gasteiger partial charge in [0.2, 0.25) is 5.91 Å². The number of imidazole rings is 1. The first-order valence-corrected chi connectivity index (χ1v) is 9.08. The Morgan fingerprint density at radius 3 is 2.69 bits per heavy atom. The fourth-order valence-corrected chi connectivity index (χ4v) is 3.29. The molecule has 6 heteroatoms. The van der Waals surface area contributed by atoms with Gasteiger partial charge in [-0.1, -0.05) is 6.07 Å². The van der Waals surface area contributed by atoms with Crippen molar-refractivity contribution in [3.05, 3.63) is 53.2 Å². The predicted molar refractivity (Wildman–Crippen MR) is 102 cm³/mol. The molecule has 3 aromatic heterocycles. The number of aromatic nitrogens is 4. The third-order valence-corrected chi connectivity index (χ3v) is 4.79. The van der Waals surface area contributed by atoms with Crippen LogP contribution in [-0.2, 0) is 17.8 Å². The molecule has 6 nitrogen and oxygen atoms in total. The number of hydrogen-bond donors (Lipinski definition) is 0. The lowest BCUT2D eigenvalue weighted by Gasteiger charge is -2.17. The Labute approximate surface area is 154 Å². The molecule has 3 aromatic rings. The smallest absolute Gasteiger partial charge is 0.223 e. The van der Waals surface area contributed by atoms with Crippen LogP contribution in [0.15, 0.2) is 30.6 Å². The van der Waals surface area contributed by atoms with Crippen LogP contribution >= 0.6 is 0 Å². The Bertz CT molecular complexity index is 889. The Morgan fingerprint density at radius 1 is 1.27 bits per heavy atom. The minimum atomic E-state index is 0.123. The van der Waals surface area contributed by atoms with Gasteiger partial charge in [-0.15, -0.1) is 0 Å². The fraction of sp³-hybridized carbons (Fsp3) is 0.450. The highest BCUT2D eigenvalue weighted by Crippen LogP contribution is 2.19. The second-order valence-electron chi connectivity index (χ2n) is 7.14. The molecule has 0 aliphatic carbocycles. The lowest BCUT2D eigenvalue weighted by Crippen LogP contribution is -2.27. The van der Waals surface area contributed by atoms with Gasteiger partial charge in [-0.2, -0.15) is 5.10 Å². The van der Waals surface area contributed by atoms with Gasteiger partial charge in [0.25, 0.3) is 0 Å². The van der Waals surface area contributed by atoms with Crippen molar-refractivity contribution in [2.24, 2.45) is 0 Å². The van der Waals surface area contributed by atoms with E-state index in [-0.39, 0.29) is 5.91 Å². The van der Waals surface area contributed by atoms with Gasteiger partial charge in [0.15, 0.2) is 0 Å². The van der Waals surface area contributed by atoms with Crippen LogP contribution in [0.25, 0.3) is 5.65 Å². The molecule has 0 N–H and O–H groups in total. The topological polar surface area (TPSA) is 55.4 Å². The van der Waals surface area contributed by atoms with Crippen LogP contribution in [0.4, 0.5) is 0 Å². The van der Waals surface area contributed by atoms with E-state index in [4.69, 9.17) is 0 Å². The molecule has 0 spiro atoms. The van der Waals surface area contributed by atoms with Gasteiger partial charge in [-0.05, 0) is 46.2 Å². The van der Waals surface area contributed by atoms with Crippen LogP contribution in [0, 0.1) is 13.8 Å². The van der Waals surface area contributed by atoms with Gasteiger partial charge in [0, 0.05) is 49.7 Å². The van der Waals surface area contributed by atoms with Crippen molar-refractivity contribution < 1.29 is 4.79 Å². The molecule has 3 heterocycles. The summed E-state index contributed by atoms with van der Waals surface area (Å²) >= 11 is 0. The molecule has 138 valence electrons. The summed E-state index contributed by atoms with van der Waals surface area (Å²) in [5, 5.41) is 4.61. The number of pyridine rings is 1. The molecule has 3 rings (SSSR count). The molecule has 26 heavy (non-hydrogen) atoms. The summed E-state index contributed by atoms with van der Waals surface area (Å²) in [7, 11) is 1.86. The molecule has 0 bridgehead atoms. The lowest BCUT2D eigenvalue weighted by molar-refractivity contribution is -0.130. The third-order valence-electron chi connectivity index (χ3n) is 4.79. The number of aryl methyl sites for hydroxylation is 2. The summed E-state index contributed by atoms with van der Waals surface area (Å²) in [5.41, 5.74) is 5.13. The van der Waals surface area contributed by atoms with Crippen LogP contribution in [0.2, 0.25) is 0 Å². The summed E-state index contributed by atoms with van der Waals surface area (Å²) in [5.74, 6) is 0.123. The molecule has 0 radical (unpaired) electrons. The van der Waals surface area contributed by atoms with Crippen molar-refractivity contribution in [3.63, 3.8) is 0 Å². The Hall–Kier alpha value is -2.63. The Kier molecular flexibility index (Phi) is 5.11. The zero-order valence-electron chi connectivity index (χ0n) is 16.2. The van der Waals surface area contributed by atoms with Crippen LogP contribution in [0.1, 0.15) is 49.0 Å². The zero-order valence-corrected chi connectivity index (χ0v) is 16.2. The molecular formula is C20H27N5O. The van der Waals surface area contributed by atoms with Crippen LogP contribution in [0.3, 0.4) is 0 Å². The van der Waals surface area contributed by atoms with Crippen LogP contribution < -0.4 is 0 Å². The Balaban J connectivity index is 1.63. The van der Waals surface area contributed by atoms with Gasteiger partial charge >= 0.3 is 0 Å². The molecule has 0 fully saturated rings. The summed E-state index contributed by atoms with van der Waals surface area (Å²) in [6.45, 7) is 8.91. The van der Waals surface area contributed by atoms with Gasteiger partial charge in [0.05, 0.1) is 11.4 Å². The normalized spacial score (nSPS) is 11.5. The van der Waals surface area contributed by atoms with E-state index in [1.54, 1.807) is 4.90 Å². The van der Waals surface area contributed by atoms with Crippen LogP contribution in [-0.4, -0.2) is 37.0 Å². The van der Waals surface area contributed by atoms with Gasteiger partial charge in [-0.3, -0.25) is 9.48 Å². The second kappa shape index (κ2) is 7.32. The molecule has 0 saturated carbocycles. The summed E-state index contributed by atoms with van der Waals surface area (Å²) in [4.78, 5) is 18.9. The van der Waals surface area contributed by atoms with E-state index in [0.29, 0.717) is 25.4 Å². The van der Waals surface area contributed by atoms with E-state index in [1.807, 2.05) is 53.6 Å². The lowest BCUT2D eigenvalue weighted by atomic mass is 10.1. The average Bonchev–Trinajstić information content (AvgIpc) is 3.15. The minimum absolute atomic E-state index is 0.123. The summed E-state index contributed by atoms with van der Waals surface area (Å²) < 4.78 is 4.01. The molecule has 0 saturated heterocycles. The molecule has 0 aromatic carbocycles. The van der Waals surface area contributed by atoms with Crippen molar-refractivity contribution in [2.75, 3.05) is 7.05 Å². The molecule has 0 atom stereocenters. The van der Waals surface area contributed by atoms with Crippen molar-refractivity contribution >= 4 is 11.6 Å². The fourth-order valence-electron chi connectivity index (χ4n) is 3.29. The van der Waals surface area contributed by atoms with Gasteiger partial charge in [0.1, 0.15) is 5.65 Å². The first-order chi connectivity index (χ1) is 12.4. The second-order valence-corrected chi connectivity index (χ2v) is 7.14. The first-order valence-electron chi connectivity index (χ1n) is 9.08. The number of amides is 1. The summed E-state index contributed by atoms with van der Waals surface area (Å²) in [6, 6.07) is 6.22. The van der Waals surface area contributed by atoms with Gasteiger partial charge < -0.3 is 9.30 Å². The average molecular weight is 353 g/mol. The first kappa shape index (κ1) is 18.2. The molecule has 0 aliphatic rings. The van der Waals surface area contributed by atoms with E-state index in [2.05, 4.69) is 30.9 Å². The van der Waals surface area contributed by atoms with E-state index in [9.17, 15) is 4.79 Å². The third kappa shape index (κ3) is 3.64. The highest BCUT2D eigenvalue weighted by molar-refractivity contribution is 5.76.